The van der Waals surface area contributed by atoms with Crippen molar-refractivity contribution in [2.75, 3.05) is 26.2 Å². The molecule has 0 aromatic heterocycles. The van der Waals surface area contributed by atoms with E-state index in [2.05, 4.69) is 55.4 Å². The van der Waals surface area contributed by atoms with Crippen molar-refractivity contribution in [1.29, 1.82) is 0 Å². The largest absolute Gasteiger partial charge is 0.351 e. The van der Waals surface area contributed by atoms with Crippen molar-refractivity contribution in [3.63, 3.8) is 0 Å². The third-order valence-corrected chi connectivity index (χ3v) is 3.75. The lowest BCUT2D eigenvalue weighted by molar-refractivity contribution is 0.0954. The van der Waals surface area contributed by atoms with Gasteiger partial charge in [-0.25, -0.2) is 0 Å². The number of amides is 1. The molecule has 1 aromatic rings. The van der Waals surface area contributed by atoms with Gasteiger partial charge in [0.2, 0.25) is 0 Å². The maximum atomic E-state index is 12.0. The van der Waals surface area contributed by atoms with Gasteiger partial charge in [-0.15, -0.1) is 0 Å². The number of carbonyl (C=O) groups excluding carboxylic acids is 1. The van der Waals surface area contributed by atoms with E-state index in [1.165, 1.54) is 5.56 Å². The van der Waals surface area contributed by atoms with Crippen LogP contribution in [-0.2, 0) is 6.54 Å². The number of nitrogens with zero attached hydrogens (tertiary/aromatic N) is 1. The Labute approximate surface area is 135 Å². The molecular formula is C18H31N3O. The minimum absolute atomic E-state index is 0.000977. The summed E-state index contributed by atoms with van der Waals surface area (Å²) >= 11 is 0. The quantitative estimate of drug-likeness (QED) is 0.653. The molecular weight excluding hydrogens is 274 g/mol. The molecule has 0 atom stereocenters. The van der Waals surface area contributed by atoms with Crippen molar-refractivity contribution < 1.29 is 4.79 Å². The van der Waals surface area contributed by atoms with E-state index >= 15 is 0 Å². The second-order valence-electron chi connectivity index (χ2n) is 5.86. The van der Waals surface area contributed by atoms with Crippen LogP contribution in [0.1, 0.15) is 50.0 Å². The molecule has 0 bridgehead atoms. The molecule has 124 valence electrons. The molecule has 4 nitrogen and oxygen atoms in total. The Hall–Kier alpha value is -1.39. The highest BCUT2D eigenvalue weighted by Crippen LogP contribution is 2.10. The van der Waals surface area contributed by atoms with E-state index in [0.29, 0.717) is 12.6 Å². The monoisotopic (exact) mass is 305 g/mol. The Morgan fingerprint density at radius 2 is 1.77 bits per heavy atom. The van der Waals surface area contributed by atoms with Crippen LogP contribution in [0, 0.1) is 0 Å². The van der Waals surface area contributed by atoms with Crippen molar-refractivity contribution in [3.05, 3.63) is 35.4 Å². The zero-order valence-electron chi connectivity index (χ0n) is 14.5. The van der Waals surface area contributed by atoms with Crippen molar-refractivity contribution in [2.24, 2.45) is 0 Å². The molecule has 0 saturated carbocycles. The Bertz CT molecular complexity index is 428. The zero-order chi connectivity index (χ0) is 16.4. The molecule has 22 heavy (non-hydrogen) atoms. The molecule has 1 amide bonds. The maximum absolute atomic E-state index is 12.0. The van der Waals surface area contributed by atoms with Crippen LogP contribution in [0.2, 0.25) is 0 Å². The van der Waals surface area contributed by atoms with Gasteiger partial charge in [0.25, 0.3) is 5.91 Å². The van der Waals surface area contributed by atoms with Crippen LogP contribution < -0.4 is 10.6 Å². The summed E-state index contributed by atoms with van der Waals surface area (Å²) in [5, 5.41) is 6.20. The molecule has 0 aliphatic rings. The number of hydrogen-bond acceptors (Lipinski definition) is 3. The summed E-state index contributed by atoms with van der Waals surface area (Å²) in [6, 6.07) is 8.46. The SMILES string of the molecule is CCCNCCNC(=O)c1ccc(CN(CC)C(C)C)cc1. The first-order valence-corrected chi connectivity index (χ1v) is 8.40. The smallest absolute Gasteiger partial charge is 0.251 e. The van der Waals surface area contributed by atoms with Gasteiger partial charge in [0.15, 0.2) is 0 Å². The van der Waals surface area contributed by atoms with E-state index < -0.39 is 0 Å². The van der Waals surface area contributed by atoms with Gasteiger partial charge in [0.1, 0.15) is 0 Å². The first kappa shape index (κ1) is 18.7. The normalized spacial score (nSPS) is 11.2. The summed E-state index contributed by atoms with van der Waals surface area (Å²) in [5.41, 5.74) is 1.98. The van der Waals surface area contributed by atoms with Crippen LogP contribution in [0.3, 0.4) is 0 Å². The van der Waals surface area contributed by atoms with Crippen LogP contribution in [0.5, 0.6) is 0 Å². The lowest BCUT2D eigenvalue weighted by Gasteiger charge is -2.24. The number of nitrogens with one attached hydrogen (secondary N) is 2. The molecule has 0 fully saturated rings. The van der Waals surface area contributed by atoms with Gasteiger partial charge in [-0.1, -0.05) is 26.0 Å². The van der Waals surface area contributed by atoms with Crippen LogP contribution in [0.15, 0.2) is 24.3 Å². The van der Waals surface area contributed by atoms with Crippen molar-refractivity contribution in [1.82, 2.24) is 15.5 Å². The number of carbonyl (C=O) groups is 1. The summed E-state index contributed by atoms with van der Waals surface area (Å²) in [6.07, 6.45) is 1.11. The van der Waals surface area contributed by atoms with Gasteiger partial charge in [0, 0.05) is 31.2 Å². The van der Waals surface area contributed by atoms with E-state index in [-0.39, 0.29) is 5.91 Å². The molecule has 2 N–H and O–H groups in total. The van der Waals surface area contributed by atoms with Crippen molar-refractivity contribution in [3.8, 4) is 0 Å². The molecule has 0 unspecified atom stereocenters. The summed E-state index contributed by atoms with van der Waals surface area (Å²) in [6.45, 7) is 13.2. The Morgan fingerprint density at radius 1 is 1.09 bits per heavy atom. The molecule has 1 rings (SSSR count). The molecule has 4 heteroatoms. The first-order chi connectivity index (χ1) is 10.6. The van der Waals surface area contributed by atoms with Gasteiger partial charge < -0.3 is 10.6 Å². The highest BCUT2D eigenvalue weighted by Gasteiger charge is 2.09. The number of rotatable bonds is 10. The lowest BCUT2D eigenvalue weighted by Crippen LogP contribution is -2.32. The molecule has 0 heterocycles. The summed E-state index contributed by atoms with van der Waals surface area (Å²) in [4.78, 5) is 14.4. The molecule has 0 aliphatic heterocycles. The van der Waals surface area contributed by atoms with Gasteiger partial charge >= 0.3 is 0 Å². The van der Waals surface area contributed by atoms with Crippen LogP contribution >= 0.6 is 0 Å². The van der Waals surface area contributed by atoms with Crippen molar-refractivity contribution >= 4 is 5.91 Å². The maximum Gasteiger partial charge on any atom is 0.251 e. The minimum atomic E-state index is 0.000977. The van der Waals surface area contributed by atoms with E-state index in [1.807, 2.05) is 12.1 Å². The first-order valence-electron chi connectivity index (χ1n) is 8.40. The van der Waals surface area contributed by atoms with E-state index in [0.717, 1.165) is 38.2 Å². The second kappa shape index (κ2) is 10.4. The Kier molecular flexibility index (Phi) is 8.78. The average Bonchev–Trinajstić information content (AvgIpc) is 2.52. The topological polar surface area (TPSA) is 44.4 Å². The highest BCUT2D eigenvalue weighted by molar-refractivity contribution is 5.94. The average molecular weight is 305 g/mol. The standard InChI is InChI=1S/C18H31N3O/c1-5-11-19-12-13-20-18(22)17-9-7-16(8-10-17)14-21(6-2)15(3)4/h7-10,15,19H,5-6,11-14H2,1-4H3,(H,20,22). The predicted molar refractivity (Wildman–Crippen MR) is 93.2 cm³/mol. The molecule has 0 radical (unpaired) electrons. The second-order valence-corrected chi connectivity index (χ2v) is 5.86. The number of hydrogen-bond donors (Lipinski definition) is 2. The Morgan fingerprint density at radius 3 is 2.32 bits per heavy atom. The summed E-state index contributed by atoms with van der Waals surface area (Å²) in [5.74, 6) is 0.000977. The predicted octanol–water partition coefficient (Wildman–Crippen LogP) is 2.65. The fraction of sp³-hybridized carbons (Fsp3) is 0.611. The van der Waals surface area contributed by atoms with Gasteiger partial charge in [-0.3, -0.25) is 9.69 Å². The summed E-state index contributed by atoms with van der Waals surface area (Å²) in [7, 11) is 0. The van der Waals surface area contributed by atoms with E-state index in [9.17, 15) is 4.79 Å². The lowest BCUT2D eigenvalue weighted by atomic mass is 10.1. The fourth-order valence-corrected chi connectivity index (χ4v) is 2.32. The van der Waals surface area contributed by atoms with Crippen LogP contribution in [-0.4, -0.2) is 43.0 Å². The van der Waals surface area contributed by atoms with E-state index in [1.54, 1.807) is 0 Å². The van der Waals surface area contributed by atoms with Gasteiger partial charge in [-0.2, -0.15) is 0 Å². The molecule has 1 aromatic carbocycles. The number of benzene rings is 1. The highest BCUT2D eigenvalue weighted by atomic mass is 16.1. The molecule has 0 aliphatic carbocycles. The van der Waals surface area contributed by atoms with Gasteiger partial charge in [-0.05, 0) is 51.1 Å². The molecule has 0 spiro atoms. The summed E-state index contributed by atoms with van der Waals surface area (Å²) < 4.78 is 0. The fourth-order valence-electron chi connectivity index (χ4n) is 2.32. The van der Waals surface area contributed by atoms with Crippen LogP contribution in [0.25, 0.3) is 0 Å². The zero-order valence-corrected chi connectivity index (χ0v) is 14.5. The van der Waals surface area contributed by atoms with Gasteiger partial charge in [0.05, 0.1) is 0 Å². The minimum Gasteiger partial charge on any atom is -0.351 e. The third kappa shape index (κ3) is 6.58. The van der Waals surface area contributed by atoms with E-state index in [4.69, 9.17) is 0 Å². The van der Waals surface area contributed by atoms with Crippen LogP contribution in [0.4, 0.5) is 0 Å². The third-order valence-electron chi connectivity index (χ3n) is 3.75. The molecule has 0 saturated heterocycles. The Balaban J connectivity index is 2.45. The van der Waals surface area contributed by atoms with Crippen molar-refractivity contribution in [2.45, 2.75) is 46.7 Å².